The molecule has 1 unspecified atom stereocenters. The molecule has 0 aliphatic rings. The molecular weight excluding hydrogens is 961 g/mol. The Labute approximate surface area is 484 Å². The van der Waals surface area contributed by atoms with Crippen LogP contribution in [-0.2, 0) is 28.6 Å². The largest absolute Gasteiger partial charge is 0.462 e. The van der Waals surface area contributed by atoms with Crippen molar-refractivity contribution in [2.24, 2.45) is 0 Å². The van der Waals surface area contributed by atoms with E-state index in [0.717, 1.165) is 96.3 Å². The van der Waals surface area contributed by atoms with Gasteiger partial charge in [0.1, 0.15) is 13.2 Å². The molecule has 452 valence electrons. The predicted octanol–water partition coefficient (Wildman–Crippen LogP) is 23.3. The number of unbranched alkanes of at least 4 members (excludes halogenated alkanes) is 39. The molecule has 0 radical (unpaired) electrons. The zero-order chi connectivity index (χ0) is 56.4. The van der Waals surface area contributed by atoms with E-state index in [-0.39, 0.29) is 31.1 Å². The van der Waals surface area contributed by atoms with Gasteiger partial charge >= 0.3 is 17.9 Å². The summed E-state index contributed by atoms with van der Waals surface area (Å²) in [5, 5.41) is 0. The van der Waals surface area contributed by atoms with Crippen LogP contribution in [-0.4, -0.2) is 37.2 Å². The first-order valence-electron chi connectivity index (χ1n) is 33.9. The Hall–Kier alpha value is -3.15. The second kappa shape index (κ2) is 66.4. The second-order valence-corrected chi connectivity index (χ2v) is 22.7. The van der Waals surface area contributed by atoms with Crippen molar-refractivity contribution in [1.29, 1.82) is 0 Å². The lowest BCUT2D eigenvalue weighted by atomic mass is 10.0. The number of allylic oxidation sites excluding steroid dienone is 12. The quantitative estimate of drug-likeness (QED) is 0.0261. The molecule has 0 aliphatic heterocycles. The van der Waals surface area contributed by atoms with Gasteiger partial charge in [-0.1, -0.05) is 331 Å². The van der Waals surface area contributed by atoms with E-state index in [4.69, 9.17) is 14.2 Å². The monoisotopic (exact) mass is 1090 g/mol. The Balaban J connectivity index is 4.13. The van der Waals surface area contributed by atoms with E-state index in [1.807, 2.05) is 0 Å². The van der Waals surface area contributed by atoms with Crippen molar-refractivity contribution in [3.05, 3.63) is 72.9 Å². The molecule has 0 aliphatic carbocycles. The minimum Gasteiger partial charge on any atom is -0.462 e. The van der Waals surface area contributed by atoms with Gasteiger partial charge in [-0.2, -0.15) is 0 Å². The average molecular weight is 1090 g/mol. The molecule has 0 heterocycles. The number of esters is 3. The minimum absolute atomic E-state index is 0.0682. The summed E-state index contributed by atoms with van der Waals surface area (Å²) in [7, 11) is 0. The van der Waals surface area contributed by atoms with Crippen LogP contribution in [0.15, 0.2) is 72.9 Å². The van der Waals surface area contributed by atoms with Gasteiger partial charge in [-0.25, -0.2) is 0 Å². The molecule has 0 aromatic carbocycles. The standard InChI is InChI=1S/C72H128O6/c1-4-7-10-13-16-19-22-25-27-28-29-30-31-32-33-34-35-36-37-38-39-40-41-42-43-44-46-47-50-53-56-59-62-65-71(74)77-68-69(67-76-70(73)64-61-58-55-52-49-24-21-18-15-12-9-6-3)78-72(75)66-63-60-57-54-51-48-45-26-23-20-17-14-11-8-5-2/h7,10,16,19,25,27,29-30,32-33,35-36,69H,4-6,8-9,11-15,17-18,20-24,26,28,31,34,37-68H2,1-3H3/b10-7-,19-16-,27-25-,30-29-,33-32-,36-35-. The Morgan fingerprint density at radius 3 is 0.782 bits per heavy atom. The van der Waals surface area contributed by atoms with E-state index < -0.39 is 6.10 Å². The maximum Gasteiger partial charge on any atom is 0.306 e. The van der Waals surface area contributed by atoms with Gasteiger partial charge in [-0.15, -0.1) is 0 Å². The van der Waals surface area contributed by atoms with Gasteiger partial charge in [0.2, 0.25) is 0 Å². The molecule has 0 amide bonds. The Bertz CT molecular complexity index is 1440. The van der Waals surface area contributed by atoms with Crippen LogP contribution < -0.4 is 0 Å². The van der Waals surface area contributed by atoms with Crippen LogP contribution in [0.3, 0.4) is 0 Å². The fourth-order valence-electron chi connectivity index (χ4n) is 9.92. The van der Waals surface area contributed by atoms with Crippen molar-refractivity contribution >= 4 is 17.9 Å². The highest BCUT2D eigenvalue weighted by Crippen LogP contribution is 2.18. The van der Waals surface area contributed by atoms with Crippen LogP contribution in [0.1, 0.15) is 348 Å². The van der Waals surface area contributed by atoms with E-state index in [2.05, 4.69) is 93.7 Å². The van der Waals surface area contributed by atoms with Gasteiger partial charge < -0.3 is 14.2 Å². The van der Waals surface area contributed by atoms with Crippen LogP contribution in [0, 0.1) is 0 Å². The van der Waals surface area contributed by atoms with E-state index in [1.165, 1.54) is 212 Å². The molecule has 0 bridgehead atoms. The molecule has 6 heteroatoms. The highest BCUT2D eigenvalue weighted by Gasteiger charge is 2.19. The zero-order valence-electron chi connectivity index (χ0n) is 51.9. The van der Waals surface area contributed by atoms with Crippen molar-refractivity contribution in [3.8, 4) is 0 Å². The lowest BCUT2D eigenvalue weighted by Crippen LogP contribution is -2.30. The predicted molar refractivity (Wildman–Crippen MR) is 339 cm³/mol. The van der Waals surface area contributed by atoms with Crippen molar-refractivity contribution in [2.75, 3.05) is 13.2 Å². The van der Waals surface area contributed by atoms with E-state index in [0.29, 0.717) is 19.3 Å². The van der Waals surface area contributed by atoms with Crippen LogP contribution in [0.2, 0.25) is 0 Å². The Kier molecular flexibility index (Phi) is 63.7. The van der Waals surface area contributed by atoms with Gasteiger partial charge in [0.05, 0.1) is 0 Å². The van der Waals surface area contributed by atoms with Crippen LogP contribution >= 0.6 is 0 Å². The number of carbonyl (C=O) groups excluding carboxylic acids is 3. The number of rotatable bonds is 62. The molecule has 78 heavy (non-hydrogen) atoms. The first-order chi connectivity index (χ1) is 38.5. The van der Waals surface area contributed by atoms with E-state index in [9.17, 15) is 14.4 Å². The third-order valence-corrected chi connectivity index (χ3v) is 15.0. The molecule has 0 aromatic heterocycles. The van der Waals surface area contributed by atoms with Crippen molar-refractivity contribution in [1.82, 2.24) is 0 Å². The lowest BCUT2D eigenvalue weighted by Gasteiger charge is -2.18. The molecular formula is C72H128O6. The molecule has 0 aromatic rings. The molecule has 0 spiro atoms. The van der Waals surface area contributed by atoms with Crippen LogP contribution in [0.4, 0.5) is 0 Å². The van der Waals surface area contributed by atoms with Gasteiger partial charge in [0.15, 0.2) is 6.10 Å². The molecule has 0 N–H and O–H groups in total. The topological polar surface area (TPSA) is 78.9 Å². The smallest absolute Gasteiger partial charge is 0.306 e. The van der Waals surface area contributed by atoms with E-state index in [1.54, 1.807) is 0 Å². The third-order valence-electron chi connectivity index (χ3n) is 15.0. The summed E-state index contributed by atoms with van der Waals surface area (Å²) >= 11 is 0. The van der Waals surface area contributed by atoms with Gasteiger partial charge in [-0.05, 0) is 70.6 Å². The molecule has 0 saturated heterocycles. The summed E-state index contributed by atoms with van der Waals surface area (Å²) in [6.45, 7) is 6.57. The number of ether oxygens (including phenoxy) is 3. The Morgan fingerprint density at radius 2 is 0.500 bits per heavy atom. The number of hydrogen-bond acceptors (Lipinski definition) is 6. The Morgan fingerprint density at radius 1 is 0.269 bits per heavy atom. The molecule has 0 rings (SSSR count). The number of carbonyl (C=O) groups is 3. The summed E-state index contributed by atoms with van der Waals surface area (Å²) in [4.78, 5) is 38.3. The van der Waals surface area contributed by atoms with Crippen molar-refractivity contribution in [2.45, 2.75) is 354 Å². The third kappa shape index (κ3) is 63.7. The summed E-state index contributed by atoms with van der Waals surface area (Å²) in [6.07, 6.45) is 86.4. The fraction of sp³-hybridized carbons (Fsp3) is 0.792. The highest BCUT2D eigenvalue weighted by atomic mass is 16.6. The number of hydrogen-bond donors (Lipinski definition) is 0. The maximum atomic E-state index is 12.9. The van der Waals surface area contributed by atoms with E-state index >= 15 is 0 Å². The first-order valence-corrected chi connectivity index (χ1v) is 33.9. The zero-order valence-corrected chi connectivity index (χ0v) is 51.9. The summed E-state index contributed by atoms with van der Waals surface area (Å²) < 4.78 is 16.9. The maximum absolute atomic E-state index is 12.9. The van der Waals surface area contributed by atoms with Gasteiger partial charge in [0.25, 0.3) is 0 Å². The molecule has 6 nitrogen and oxygen atoms in total. The molecule has 1 atom stereocenters. The fourth-order valence-corrected chi connectivity index (χ4v) is 9.92. The normalized spacial score (nSPS) is 12.5. The van der Waals surface area contributed by atoms with Crippen LogP contribution in [0.25, 0.3) is 0 Å². The van der Waals surface area contributed by atoms with Gasteiger partial charge in [-0.3, -0.25) is 14.4 Å². The first kappa shape index (κ1) is 74.8. The van der Waals surface area contributed by atoms with Crippen molar-refractivity contribution < 1.29 is 28.6 Å². The average Bonchev–Trinajstić information content (AvgIpc) is 3.44. The van der Waals surface area contributed by atoms with Crippen LogP contribution in [0.5, 0.6) is 0 Å². The summed E-state index contributed by atoms with van der Waals surface area (Å²) in [5.74, 6) is -0.848. The summed E-state index contributed by atoms with van der Waals surface area (Å²) in [6, 6.07) is 0. The highest BCUT2D eigenvalue weighted by molar-refractivity contribution is 5.71. The van der Waals surface area contributed by atoms with Crippen molar-refractivity contribution in [3.63, 3.8) is 0 Å². The SMILES string of the molecule is CC/C=C\C/C=C\C/C=C\C/C=C\C/C=C\C/C=C\CCCCCCCCCCCCCCCCC(=O)OCC(COC(=O)CCCCCCCCCCCCCC)OC(=O)CCCCCCCCCCCCCCCCC. The lowest BCUT2D eigenvalue weighted by molar-refractivity contribution is -0.167. The minimum atomic E-state index is -0.770. The second-order valence-electron chi connectivity index (χ2n) is 22.7. The van der Waals surface area contributed by atoms with Gasteiger partial charge in [0, 0.05) is 19.3 Å². The summed E-state index contributed by atoms with van der Waals surface area (Å²) in [5.41, 5.74) is 0. The molecule has 0 saturated carbocycles. The molecule has 0 fully saturated rings.